The van der Waals surface area contributed by atoms with Crippen molar-refractivity contribution >= 4 is 23.7 Å². The van der Waals surface area contributed by atoms with E-state index in [0.29, 0.717) is 24.5 Å². The fourth-order valence-corrected chi connectivity index (χ4v) is 2.39. The Morgan fingerprint density at radius 1 is 1.00 bits per heavy atom. The van der Waals surface area contributed by atoms with Crippen molar-refractivity contribution in [3.8, 4) is 0 Å². The van der Waals surface area contributed by atoms with Crippen LogP contribution in [0.5, 0.6) is 0 Å². The lowest BCUT2D eigenvalue weighted by Crippen LogP contribution is -2.07. The molecule has 112 valence electrons. The number of ether oxygens (including phenoxy) is 1. The maximum atomic E-state index is 11.3. The largest absolute Gasteiger partial charge is 0.481 e. The van der Waals surface area contributed by atoms with Crippen LogP contribution in [0.15, 0.2) is 0 Å². The molecule has 0 rings (SSSR count). The molecule has 0 aliphatic rings. The Balaban J connectivity index is 3.19. The molecular weight excluding hydrogens is 264 g/mol. The zero-order valence-electron chi connectivity index (χ0n) is 11.9. The lowest BCUT2D eigenvalue weighted by atomic mass is 10.1. The van der Waals surface area contributed by atoms with Crippen LogP contribution in [0.3, 0.4) is 0 Å². The number of esters is 1. The fraction of sp³-hybridized carbons (Fsp3) is 0.857. The van der Waals surface area contributed by atoms with Gasteiger partial charge in [-0.25, -0.2) is 0 Å². The van der Waals surface area contributed by atoms with Gasteiger partial charge in [0.1, 0.15) is 0 Å². The highest BCUT2D eigenvalue weighted by Gasteiger charge is 2.03. The second kappa shape index (κ2) is 13.7. The molecular formula is C14H26O4S. The van der Waals surface area contributed by atoms with Crippen LogP contribution in [-0.2, 0) is 14.3 Å². The van der Waals surface area contributed by atoms with E-state index in [0.717, 1.165) is 12.8 Å². The van der Waals surface area contributed by atoms with Crippen LogP contribution in [0.25, 0.3) is 0 Å². The van der Waals surface area contributed by atoms with Crippen molar-refractivity contribution in [1.82, 2.24) is 0 Å². The van der Waals surface area contributed by atoms with Crippen molar-refractivity contribution in [3.63, 3.8) is 0 Å². The predicted molar refractivity (Wildman–Crippen MR) is 78.5 cm³/mol. The molecule has 0 spiro atoms. The third-order valence-electron chi connectivity index (χ3n) is 2.67. The summed E-state index contributed by atoms with van der Waals surface area (Å²) in [5.41, 5.74) is 0. The third-order valence-corrected chi connectivity index (χ3v) is 3.66. The molecule has 19 heavy (non-hydrogen) atoms. The van der Waals surface area contributed by atoms with Gasteiger partial charge < -0.3 is 9.84 Å². The SMILES string of the molecule is CCCCCCCCOC(=O)CCSCCC(=O)O. The Kier molecular flexibility index (Phi) is 13.2. The first kappa shape index (κ1) is 18.3. The molecule has 0 aliphatic carbocycles. The molecule has 0 radical (unpaired) electrons. The van der Waals surface area contributed by atoms with Gasteiger partial charge in [-0.05, 0) is 6.42 Å². The van der Waals surface area contributed by atoms with Gasteiger partial charge in [0, 0.05) is 11.5 Å². The summed E-state index contributed by atoms with van der Waals surface area (Å²) < 4.78 is 5.11. The van der Waals surface area contributed by atoms with E-state index < -0.39 is 5.97 Å². The number of carboxylic acids is 1. The summed E-state index contributed by atoms with van der Waals surface area (Å²) >= 11 is 1.48. The van der Waals surface area contributed by atoms with Crippen molar-refractivity contribution in [3.05, 3.63) is 0 Å². The second-order valence-corrected chi connectivity index (χ2v) is 5.72. The zero-order chi connectivity index (χ0) is 14.3. The quantitative estimate of drug-likeness (QED) is 0.415. The summed E-state index contributed by atoms with van der Waals surface area (Å²) in [5, 5.41) is 8.44. The van der Waals surface area contributed by atoms with Crippen LogP contribution in [-0.4, -0.2) is 35.2 Å². The Bertz CT molecular complexity index is 244. The number of carbonyl (C=O) groups is 2. The van der Waals surface area contributed by atoms with Gasteiger partial charge in [-0.15, -0.1) is 0 Å². The highest BCUT2D eigenvalue weighted by Crippen LogP contribution is 2.07. The topological polar surface area (TPSA) is 63.6 Å². The molecule has 0 bridgehead atoms. The average Bonchev–Trinajstić information content (AvgIpc) is 2.37. The number of thioether (sulfide) groups is 1. The molecule has 0 heterocycles. The van der Waals surface area contributed by atoms with Crippen molar-refractivity contribution in [2.45, 2.75) is 58.3 Å². The Labute approximate surface area is 120 Å². The van der Waals surface area contributed by atoms with Gasteiger partial charge in [0.05, 0.1) is 19.4 Å². The number of hydrogen-bond donors (Lipinski definition) is 1. The lowest BCUT2D eigenvalue weighted by Gasteiger charge is -2.04. The molecule has 0 fully saturated rings. The second-order valence-electron chi connectivity index (χ2n) is 4.49. The van der Waals surface area contributed by atoms with Gasteiger partial charge >= 0.3 is 11.9 Å². The lowest BCUT2D eigenvalue weighted by molar-refractivity contribution is -0.143. The van der Waals surface area contributed by atoms with Crippen molar-refractivity contribution in [1.29, 1.82) is 0 Å². The maximum absolute atomic E-state index is 11.3. The van der Waals surface area contributed by atoms with Crippen LogP contribution in [0.1, 0.15) is 58.3 Å². The molecule has 0 saturated carbocycles. The highest BCUT2D eigenvalue weighted by atomic mass is 32.2. The number of rotatable bonds is 13. The minimum atomic E-state index is -0.793. The predicted octanol–water partition coefficient (Wildman–Crippen LogP) is 3.49. The van der Waals surface area contributed by atoms with Crippen molar-refractivity contribution < 1.29 is 19.4 Å². The molecule has 0 amide bonds. The molecule has 0 saturated heterocycles. The first-order valence-corrected chi connectivity index (χ1v) is 8.27. The summed E-state index contributed by atoms with van der Waals surface area (Å²) in [6.45, 7) is 2.71. The molecule has 4 nitrogen and oxygen atoms in total. The van der Waals surface area contributed by atoms with E-state index in [9.17, 15) is 9.59 Å². The fourth-order valence-electron chi connectivity index (χ4n) is 1.56. The number of carbonyl (C=O) groups excluding carboxylic acids is 1. The molecule has 5 heteroatoms. The Hall–Kier alpha value is -0.710. The first-order valence-electron chi connectivity index (χ1n) is 7.12. The van der Waals surface area contributed by atoms with Gasteiger partial charge in [0.25, 0.3) is 0 Å². The van der Waals surface area contributed by atoms with E-state index in [1.54, 1.807) is 0 Å². The monoisotopic (exact) mass is 290 g/mol. The molecule has 0 unspecified atom stereocenters. The summed E-state index contributed by atoms with van der Waals surface area (Å²) in [4.78, 5) is 21.6. The van der Waals surface area contributed by atoms with Gasteiger partial charge in [-0.1, -0.05) is 39.0 Å². The van der Waals surface area contributed by atoms with Crippen molar-refractivity contribution in [2.24, 2.45) is 0 Å². The molecule has 0 aromatic heterocycles. The standard InChI is InChI=1S/C14H26O4S/c1-2-3-4-5-6-7-10-18-14(17)9-12-19-11-8-13(15)16/h2-12H2,1H3,(H,15,16). The van der Waals surface area contributed by atoms with Gasteiger partial charge in [-0.2, -0.15) is 11.8 Å². The molecule has 0 atom stereocenters. The molecule has 0 aromatic carbocycles. The Morgan fingerprint density at radius 3 is 2.32 bits per heavy atom. The summed E-state index contributed by atoms with van der Waals surface area (Å²) in [7, 11) is 0. The van der Waals surface area contributed by atoms with Crippen LogP contribution in [0.2, 0.25) is 0 Å². The van der Waals surface area contributed by atoms with E-state index in [4.69, 9.17) is 9.84 Å². The highest BCUT2D eigenvalue weighted by molar-refractivity contribution is 7.99. The normalized spacial score (nSPS) is 10.4. The van der Waals surface area contributed by atoms with E-state index in [1.807, 2.05) is 0 Å². The molecule has 0 aliphatic heterocycles. The van der Waals surface area contributed by atoms with Gasteiger partial charge in [0.15, 0.2) is 0 Å². The maximum Gasteiger partial charge on any atom is 0.306 e. The van der Waals surface area contributed by atoms with Crippen molar-refractivity contribution in [2.75, 3.05) is 18.1 Å². The smallest absolute Gasteiger partial charge is 0.306 e. The van der Waals surface area contributed by atoms with E-state index in [2.05, 4.69) is 6.92 Å². The zero-order valence-corrected chi connectivity index (χ0v) is 12.7. The number of aliphatic carboxylic acids is 1. The molecule has 1 N–H and O–H groups in total. The number of hydrogen-bond acceptors (Lipinski definition) is 4. The van der Waals surface area contributed by atoms with Crippen LogP contribution < -0.4 is 0 Å². The van der Waals surface area contributed by atoms with E-state index >= 15 is 0 Å². The number of carboxylic acid groups (broad SMARTS) is 1. The van der Waals surface area contributed by atoms with Crippen LogP contribution in [0.4, 0.5) is 0 Å². The van der Waals surface area contributed by atoms with Crippen LogP contribution in [0, 0.1) is 0 Å². The van der Waals surface area contributed by atoms with Crippen LogP contribution >= 0.6 is 11.8 Å². The summed E-state index contributed by atoms with van der Waals surface area (Å²) in [5.74, 6) is 0.234. The molecule has 0 aromatic rings. The van der Waals surface area contributed by atoms with Gasteiger partial charge in [0.2, 0.25) is 0 Å². The minimum absolute atomic E-state index is 0.150. The number of unbranched alkanes of at least 4 members (excludes halogenated alkanes) is 5. The third kappa shape index (κ3) is 15.2. The summed E-state index contributed by atoms with van der Waals surface area (Å²) in [6, 6.07) is 0. The van der Waals surface area contributed by atoms with Gasteiger partial charge in [-0.3, -0.25) is 9.59 Å². The summed E-state index contributed by atoms with van der Waals surface area (Å²) in [6.07, 6.45) is 7.61. The first-order chi connectivity index (χ1) is 9.16. The van der Waals surface area contributed by atoms with E-state index in [1.165, 1.54) is 37.4 Å². The Morgan fingerprint density at radius 2 is 1.63 bits per heavy atom. The van der Waals surface area contributed by atoms with E-state index in [-0.39, 0.29) is 12.4 Å². The average molecular weight is 290 g/mol. The minimum Gasteiger partial charge on any atom is -0.481 e.